The number of rotatable bonds is 4. The predicted octanol–water partition coefficient (Wildman–Crippen LogP) is 2.31. The average Bonchev–Trinajstić information content (AvgIpc) is 3.17. The third-order valence-electron chi connectivity index (χ3n) is 3.68. The van der Waals surface area contributed by atoms with E-state index in [0.29, 0.717) is 5.69 Å². The molecule has 1 fully saturated rings. The molecular weight excluding hydrogens is 373 g/mol. The number of nitrogen functional groups attached to an aromatic ring is 1. The predicted molar refractivity (Wildman–Crippen MR) is 96.0 cm³/mol. The number of hydrogen-bond acceptors (Lipinski definition) is 8. The van der Waals surface area contributed by atoms with E-state index in [1.165, 1.54) is 17.0 Å². The maximum absolute atomic E-state index is 14.4. The average molecular weight is 393 g/mol. The zero-order valence-electron chi connectivity index (χ0n) is 15.6. The molecule has 1 atom stereocenters. The summed E-state index contributed by atoms with van der Waals surface area (Å²) in [6.07, 6.45) is -1.86. The summed E-state index contributed by atoms with van der Waals surface area (Å²) < 4.78 is 29.7. The summed E-state index contributed by atoms with van der Waals surface area (Å²) in [5.74, 6) is -0.728. The van der Waals surface area contributed by atoms with Crippen molar-refractivity contribution in [2.75, 3.05) is 23.7 Å². The maximum Gasteiger partial charge on any atom is 0.414 e. The third-order valence-corrected chi connectivity index (χ3v) is 3.68. The number of carbonyl (C=O) groups excluding carboxylic acids is 2. The van der Waals surface area contributed by atoms with Gasteiger partial charge in [-0.15, -0.1) is 5.10 Å². The summed E-state index contributed by atoms with van der Waals surface area (Å²) in [5, 5.41) is 9.65. The minimum absolute atomic E-state index is 0.0589. The van der Waals surface area contributed by atoms with Crippen LogP contribution in [0.25, 0.3) is 11.5 Å². The van der Waals surface area contributed by atoms with Crippen LogP contribution < -0.4 is 16.0 Å². The van der Waals surface area contributed by atoms with Crippen molar-refractivity contribution in [2.24, 2.45) is 0 Å². The van der Waals surface area contributed by atoms with E-state index in [1.807, 2.05) is 0 Å². The molecule has 11 heteroatoms. The van der Waals surface area contributed by atoms with Gasteiger partial charge in [-0.25, -0.2) is 14.0 Å². The van der Waals surface area contributed by atoms with Gasteiger partial charge < -0.3 is 24.9 Å². The Hall–Kier alpha value is -3.37. The van der Waals surface area contributed by atoms with Crippen molar-refractivity contribution >= 4 is 23.9 Å². The van der Waals surface area contributed by atoms with Gasteiger partial charge in [-0.2, -0.15) is 0 Å². The number of alkyl carbamates (subject to hydrolysis) is 1. The smallest absolute Gasteiger partial charge is 0.414 e. The van der Waals surface area contributed by atoms with E-state index in [2.05, 4.69) is 15.5 Å². The SMILES string of the molecule is CC(C)(C)OC(=O)NC[C@H]1CN(c2ccc(-c3nnc(N)o3)c(F)c2)C(=O)O1. The number of halogens is 1. The highest BCUT2D eigenvalue weighted by Gasteiger charge is 2.33. The van der Waals surface area contributed by atoms with E-state index in [-0.39, 0.29) is 30.6 Å². The largest absolute Gasteiger partial charge is 0.444 e. The van der Waals surface area contributed by atoms with Crippen LogP contribution in [0.15, 0.2) is 22.6 Å². The molecule has 2 aromatic rings. The molecule has 0 aliphatic carbocycles. The van der Waals surface area contributed by atoms with Crippen molar-refractivity contribution in [1.29, 1.82) is 0 Å². The Labute approximate surface area is 159 Å². The van der Waals surface area contributed by atoms with Gasteiger partial charge in [0.1, 0.15) is 17.5 Å². The molecule has 0 bridgehead atoms. The lowest BCUT2D eigenvalue weighted by Crippen LogP contribution is -2.38. The summed E-state index contributed by atoms with van der Waals surface area (Å²) >= 11 is 0. The van der Waals surface area contributed by atoms with Gasteiger partial charge in [0, 0.05) is 0 Å². The van der Waals surface area contributed by atoms with Crippen molar-refractivity contribution in [3.8, 4) is 11.5 Å². The second-order valence-electron chi connectivity index (χ2n) is 7.11. The van der Waals surface area contributed by atoms with Gasteiger partial charge in [-0.05, 0) is 39.0 Å². The number of carbonyl (C=O) groups is 2. The van der Waals surface area contributed by atoms with Crippen LogP contribution in [-0.2, 0) is 9.47 Å². The van der Waals surface area contributed by atoms with Crippen molar-refractivity contribution in [2.45, 2.75) is 32.5 Å². The summed E-state index contributed by atoms with van der Waals surface area (Å²) in [6.45, 7) is 5.43. The van der Waals surface area contributed by atoms with E-state index in [1.54, 1.807) is 20.8 Å². The molecule has 2 amide bonds. The molecule has 0 unspecified atom stereocenters. The van der Waals surface area contributed by atoms with Crippen LogP contribution in [0.1, 0.15) is 20.8 Å². The Morgan fingerprint density at radius 2 is 2.18 bits per heavy atom. The first-order chi connectivity index (χ1) is 13.1. The second-order valence-corrected chi connectivity index (χ2v) is 7.11. The highest BCUT2D eigenvalue weighted by Crippen LogP contribution is 2.28. The Balaban J connectivity index is 1.64. The first-order valence-electron chi connectivity index (χ1n) is 8.46. The van der Waals surface area contributed by atoms with Crippen LogP contribution in [0.4, 0.5) is 25.7 Å². The minimum atomic E-state index is -0.663. The fourth-order valence-electron chi connectivity index (χ4n) is 2.54. The number of amides is 2. The lowest BCUT2D eigenvalue weighted by Gasteiger charge is -2.20. The fourth-order valence-corrected chi connectivity index (χ4v) is 2.54. The molecule has 150 valence electrons. The van der Waals surface area contributed by atoms with Gasteiger partial charge in [0.15, 0.2) is 0 Å². The number of anilines is 2. The van der Waals surface area contributed by atoms with Crippen LogP contribution in [0.5, 0.6) is 0 Å². The number of cyclic esters (lactones) is 1. The van der Waals surface area contributed by atoms with Crippen molar-refractivity contribution in [1.82, 2.24) is 15.5 Å². The Kier molecular flexibility index (Phi) is 5.08. The molecule has 28 heavy (non-hydrogen) atoms. The quantitative estimate of drug-likeness (QED) is 0.808. The van der Waals surface area contributed by atoms with E-state index in [0.717, 1.165) is 6.07 Å². The first-order valence-corrected chi connectivity index (χ1v) is 8.46. The molecule has 1 aliphatic rings. The first kappa shape index (κ1) is 19.4. The normalized spacial score (nSPS) is 16.8. The van der Waals surface area contributed by atoms with Gasteiger partial charge in [0.25, 0.3) is 5.89 Å². The molecule has 1 saturated heterocycles. The highest BCUT2D eigenvalue weighted by atomic mass is 19.1. The lowest BCUT2D eigenvalue weighted by molar-refractivity contribution is 0.0496. The number of ether oxygens (including phenoxy) is 2. The van der Waals surface area contributed by atoms with Crippen LogP contribution >= 0.6 is 0 Å². The van der Waals surface area contributed by atoms with Crippen LogP contribution in [0.2, 0.25) is 0 Å². The number of hydrogen-bond donors (Lipinski definition) is 2. The summed E-state index contributed by atoms with van der Waals surface area (Å²) in [5.41, 5.74) is 5.06. The Bertz CT molecular complexity index is 894. The molecule has 0 saturated carbocycles. The lowest BCUT2D eigenvalue weighted by atomic mass is 10.1. The van der Waals surface area contributed by atoms with Crippen LogP contribution in [-0.4, -0.2) is 47.2 Å². The topological polar surface area (TPSA) is 133 Å². The van der Waals surface area contributed by atoms with Crippen molar-refractivity contribution < 1.29 is 27.9 Å². The van der Waals surface area contributed by atoms with E-state index in [9.17, 15) is 14.0 Å². The Morgan fingerprint density at radius 1 is 1.43 bits per heavy atom. The van der Waals surface area contributed by atoms with E-state index >= 15 is 0 Å². The summed E-state index contributed by atoms with van der Waals surface area (Å²) in [6, 6.07) is 3.89. The van der Waals surface area contributed by atoms with E-state index in [4.69, 9.17) is 19.6 Å². The monoisotopic (exact) mass is 393 g/mol. The number of nitrogens with two attached hydrogens (primary N) is 1. The van der Waals surface area contributed by atoms with Gasteiger partial charge in [0.2, 0.25) is 0 Å². The highest BCUT2D eigenvalue weighted by molar-refractivity contribution is 5.90. The van der Waals surface area contributed by atoms with Crippen LogP contribution in [0, 0.1) is 5.82 Å². The van der Waals surface area contributed by atoms with Gasteiger partial charge in [-0.3, -0.25) is 4.90 Å². The third kappa shape index (κ3) is 4.48. The number of benzene rings is 1. The van der Waals surface area contributed by atoms with Gasteiger partial charge in [-0.1, -0.05) is 5.10 Å². The fraction of sp³-hybridized carbons (Fsp3) is 0.412. The molecule has 0 spiro atoms. The summed E-state index contributed by atoms with van der Waals surface area (Å²) in [7, 11) is 0. The van der Waals surface area contributed by atoms with E-state index < -0.39 is 29.7 Å². The van der Waals surface area contributed by atoms with Gasteiger partial charge in [0.05, 0.1) is 24.3 Å². The van der Waals surface area contributed by atoms with Gasteiger partial charge >= 0.3 is 18.2 Å². The summed E-state index contributed by atoms with van der Waals surface area (Å²) in [4.78, 5) is 25.1. The minimum Gasteiger partial charge on any atom is -0.444 e. The second kappa shape index (κ2) is 7.33. The molecule has 1 aliphatic heterocycles. The maximum atomic E-state index is 14.4. The molecular formula is C17H20FN5O5. The number of nitrogens with zero attached hydrogens (tertiary/aromatic N) is 3. The molecule has 3 rings (SSSR count). The molecule has 3 N–H and O–H groups in total. The Morgan fingerprint density at radius 3 is 2.79 bits per heavy atom. The zero-order chi connectivity index (χ0) is 20.5. The standard InChI is InChI=1S/C17H20FN5O5/c1-17(2,3)28-15(24)20-7-10-8-23(16(25)26-10)9-4-5-11(12(18)6-9)13-21-22-14(19)27-13/h4-6,10H,7-8H2,1-3H3,(H2,19,22)(H,20,24)/t10-/m0/s1. The number of aromatic nitrogens is 2. The zero-order valence-corrected chi connectivity index (χ0v) is 15.6. The molecule has 0 radical (unpaired) electrons. The van der Waals surface area contributed by atoms with Crippen molar-refractivity contribution in [3.63, 3.8) is 0 Å². The molecule has 10 nitrogen and oxygen atoms in total. The molecule has 1 aromatic carbocycles. The molecule has 1 aromatic heterocycles. The van der Waals surface area contributed by atoms with Crippen LogP contribution in [0.3, 0.4) is 0 Å². The molecule has 2 heterocycles. The number of nitrogens with one attached hydrogen (secondary N) is 1. The van der Waals surface area contributed by atoms with Crippen molar-refractivity contribution in [3.05, 3.63) is 24.0 Å².